The van der Waals surface area contributed by atoms with Gasteiger partial charge in [0.15, 0.2) is 0 Å². The molecule has 31 heavy (non-hydrogen) atoms. The fourth-order valence-corrected chi connectivity index (χ4v) is 4.19. The van der Waals surface area contributed by atoms with E-state index in [2.05, 4.69) is 26.0 Å². The molecule has 1 aromatic heterocycles. The van der Waals surface area contributed by atoms with Gasteiger partial charge in [-0.3, -0.25) is 4.90 Å². The third-order valence-corrected chi connectivity index (χ3v) is 6.25. The summed E-state index contributed by atoms with van der Waals surface area (Å²) in [5.74, 6) is 1.14. The van der Waals surface area contributed by atoms with Gasteiger partial charge in [0.05, 0.1) is 22.7 Å². The predicted octanol–water partition coefficient (Wildman–Crippen LogP) is 1.89. The van der Waals surface area contributed by atoms with Crippen LogP contribution in [-0.4, -0.2) is 49.6 Å². The van der Waals surface area contributed by atoms with Gasteiger partial charge >= 0.3 is 0 Å². The molecule has 0 unspecified atom stereocenters. The minimum atomic E-state index is -3.85. The first-order chi connectivity index (χ1) is 14.8. The number of anilines is 1. The summed E-state index contributed by atoms with van der Waals surface area (Å²) < 4.78 is 28.5. The highest BCUT2D eigenvalue weighted by atomic mass is 32.2. The Morgan fingerprint density at radius 2 is 1.90 bits per heavy atom. The Hall–Kier alpha value is -3.26. The molecule has 0 saturated carbocycles. The molecule has 1 aliphatic heterocycles. The maximum Gasteiger partial charge on any atom is 0.241 e. The molecule has 2 aromatic carbocycles. The molecule has 3 aromatic rings. The highest BCUT2D eigenvalue weighted by Gasteiger charge is 2.22. The summed E-state index contributed by atoms with van der Waals surface area (Å²) >= 11 is 0. The molecule has 9 nitrogen and oxygen atoms in total. The molecule has 0 aliphatic carbocycles. The lowest BCUT2D eigenvalue weighted by molar-refractivity contribution is 0.215. The zero-order chi connectivity index (χ0) is 22.0. The van der Waals surface area contributed by atoms with Crippen molar-refractivity contribution < 1.29 is 12.9 Å². The summed E-state index contributed by atoms with van der Waals surface area (Å²) in [6, 6.07) is 14.4. The summed E-state index contributed by atoms with van der Waals surface area (Å²) in [7, 11) is -3.85. The van der Waals surface area contributed by atoms with Gasteiger partial charge in [-0.2, -0.15) is 10.2 Å². The number of nitrogens with two attached hydrogens (primary N) is 1. The highest BCUT2D eigenvalue weighted by Crippen LogP contribution is 2.25. The topological polar surface area (TPSA) is 129 Å². The van der Waals surface area contributed by atoms with E-state index in [-0.39, 0.29) is 4.90 Å². The van der Waals surface area contributed by atoms with Gasteiger partial charge in [0, 0.05) is 31.7 Å². The molecule has 160 valence electrons. The van der Waals surface area contributed by atoms with Crippen molar-refractivity contribution in [1.29, 1.82) is 5.26 Å². The van der Waals surface area contributed by atoms with E-state index in [4.69, 9.17) is 9.66 Å². The number of aryl methyl sites for hydroxylation is 1. The van der Waals surface area contributed by atoms with Gasteiger partial charge in [-0.25, -0.2) is 13.6 Å². The van der Waals surface area contributed by atoms with Crippen LogP contribution in [0.3, 0.4) is 0 Å². The molecule has 1 saturated heterocycles. The molecule has 0 amide bonds. The summed E-state index contributed by atoms with van der Waals surface area (Å²) in [5, 5.41) is 18.7. The lowest BCUT2D eigenvalue weighted by Crippen LogP contribution is -2.46. The van der Waals surface area contributed by atoms with Gasteiger partial charge in [0.1, 0.15) is 6.07 Å². The van der Waals surface area contributed by atoms with Crippen molar-refractivity contribution in [1.82, 2.24) is 15.0 Å². The van der Waals surface area contributed by atoms with Crippen LogP contribution in [0.2, 0.25) is 0 Å². The highest BCUT2D eigenvalue weighted by molar-refractivity contribution is 7.89. The van der Waals surface area contributed by atoms with Gasteiger partial charge in [-0.1, -0.05) is 29.4 Å². The molecule has 0 spiro atoms. The minimum Gasteiger partial charge on any atom is -0.368 e. The first-order valence-electron chi connectivity index (χ1n) is 9.78. The lowest BCUT2D eigenvalue weighted by atomic mass is 10.1. The zero-order valence-corrected chi connectivity index (χ0v) is 17.8. The number of aromatic nitrogens is 2. The van der Waals surface area contributed by atoms with Gasteiger partial charge in [0.2, 0.25) is 21.7 Å². The number of benzene rings is 2. The van der Waals surface area contributed by atoms with Crippen LogP contribution in [0.1, 0.15) is 17.0 Å². The monoisotopic (exact) mass is 438 g/mol. The van der Waals surface area contributed by atoms with E-state index in [0.717, 1.165) is 24.2 Å². The zero-order valence-electron chi connectivity index (χ0n) is 17.0. The maximum atomic E-state index is 11.5. The molecule has 10 heteroatoms. The second-order valence-electron chi connectivity index (χ2n) is 7.43. The fraction of sp³-hybridized carbons (Fsp3) is 0.286. The molecule has 4 rings (SSSR count). The maximum absolute atomic E-state index is 11.5. The van der Waals surface area contributed by atoms with Crippen LogP contribution >= 0.6 is 0 Å². The van der Waals surface area contributed by atoms with E-state index < -0.39 is 10.0 Å². The van der Waals surface area contributed by atoms with E-state index in [1.807, 2.05) is 31.2 Å². The van der Waals surface area contributed by atoms with E-state index in [0.29, 0.717) is 42.6 Å². The quantitative estimate of drug-likeness (QED) is 0.639. The number of nitrogens with zero attached hydrogens (tertiary/aromatic N) is 5. The fourth-order valence-electron chi connectivity index (χ4n) is 3.65. The third-order valence-electron chi connectivity index (χ3n) is 5.34. The lowest BCUT2D eigenvalue weighted by Gasteiger charge is -2.35. The van der Waals surface area contributed by atoms with Crippen LogP contribution in [0.25, 0.3) is 11.4 Å². The Balaban J connectivity index is 1.41. The second kappa shape index (κ2) is 8.47. The average molecular weight is 439 g/mol. The standard InChI is InChI=1S/C21H22N6O3S/c1-15-4-2-3-5-18(15)21-24-20(30-25-21)14-26-8-10-27(11-9-26)19-7-6-17(31(23,28)29)12-16(19)13-22/h2-7,12H,8-11,14H2,1H3,(H2,23,28,29). The van der Waals surface area contributed by atoms with Gasteiger partial charge in [-0.05, 0) is 30.7 Å². The van der Waals surface area contributed by atoms with Gasteiger partial charge < -0.3 is 9.42 Å². The molecular weight excluding hydrogens is 416 g/mol. The molecule has 0 bridgehead atoms. The summed E-state index contributed by atoms with van der Waals surface area (Å²) in [6.45, 7) is 5.40. The Morgan fingerprint density at radius 3 is 2.58 bits per heavy atom. The summed E-state index contributed by atoms with van der Waals surface area (Å²) in [4.78, 5) is 8.73. The van der Waals surface area contributed by atoms with Gasteiger partial charge in [-0.15, -0.1) is 0 Å². The van der Waals surface area contributed by atoms with Crippen molar-refractivity contribution in [2.75, 3.05) is 31.1 Å². The number of primary sulfonamides is 1. The number of rotatable bonds is 5. The Kier molecular flexibility index (Phi) is 5.73. The van der Waals surface area contributed by atoms with Crippen molar-refractivity contribution >= 4 is 15.7 Å². The molecule has 1 aliphatic rings. The molecule has 2 N–H and O–H groups in total. The largest absolute Gasteiger partial charge is 0.368 e. The van der Waals surface area contributed by atoms with E-state index >= 15 is 0 Å². The molecule has 2 heterocycles. The normalized spacial score (nSPS) is 15.1. The third kappa shape index (κ3) is 4.59. The second-order valence-corrected chi connectivity index (χ2v) is 8.99. The van der Waals surface area contributed by atoms with E-state index in [1.54, 1.807) is 6.07 Å². The van der Waals surface area contributed by atoms with Crippen molar-refractivity contribution in [3.05, 3.63) is 59.5 Å². The number of hydrogen-bond acceptors (Lipinski definition) is 8. The SMILES string of the molecule is Cc1ccccc1-c1noc(CN2CCN(c3ccc(S(N)(=O)=O)cc3C#N)CC2)n1. The van der Waals surface area contributed by atoms with Gasteiger partial charge in [0.25, 0.3) is 0 Å². The Bertz CT molecular complexity index is 1240. The summed E-state index contributed by atoms with van der Waals surface area (Å²) in [5.41, 5.74) is 3.04. The van der Waals surface area contributed by atoms with Crippen molar-refractivity contribution in [3.63, 3.8) is 0 Å². The number of hydrogen-bond donors (Lipinski definition) is 1. The van der Waals surface area contributed by atoms with Crippen LogP contribution < -0.4 is 10.0 Å². The van der Waals surface area contributed by atoms with Crippen molar-refractivity contribution in [2.45, 2.75) is 18.4 Å². The first-order valence-corrected chi connectivity index (χ1v) is 11.3. The average Bonchev–Trinajstić information content (AvgIpc) is 3.21. The molecule has 1 fully saturated rings. The summed E-state index contributed by atoms with van der Waals surface area (Å²) in [6.07, 6.45) is 0. The van der Waals surface area contributed by atoms with Crippen LogP contribution in [0.15, 0.2) is 51.9 Å². The van der Waals surface area contributed by atoms with E-state index in [9.17, 15) is 13.7 Å². The van der Waals surface area contributed by atoms with E-state index in [1.165, 1.54) is 12.1 Å². The van der Waals surface area contributed by atoms with Crippen molar-refractivity contribution in [3.8, 4) is 17.5 Å². The predicted molar refractivity (Wildman–Crippen MR) is 114 cm³/mol. The number of nitriles is 1. The first kappa shape index (κ1) is 21.0. The van der Waals surface area contributed by atoms with Crippen molar-refractivity contribution in [2.24, 2.45) is 5.14 Å². The van der Waals surface area contributed by atoms with Crippen LogP contribution in [-0.2, 0) is 16.6 Å². The Labute approximate surface area is 180 Å². The smallest absolute Gasteiger partial charge is 0.241 e. The molecule has 0 radical (unpaired) electrons. The van der Waals surface area contributed by atoms with Crippen LogP contribution in [0.5, 0.6) is 0 Å². The number of piperazine rings is 1. The molecular formula is C21H22N6O3S. The number of sulfonamides is 1. The minimum absolute atomic E-state index is 0.0627. The molecule has 0 atom stereocenters. The van der Waals surface area contributed by atoms with Crippen LogP contribution in [0, 0.1) is 18.3 Å². The van der Waals surface area contributed by atoms with Crippen LogP contribution in [0.4, 0.5) is 5.69 Å². The Morgan fingerprint density at radius 1 is 1.16 bits per heavy atom.